The second kappa shape index (κ2) is 9.10. The third-order valence-corrected chi connectivity index (χ3v) is 5.81. The number of hydrogen-bond acceptors (Lipinski definition) is 6. The van der Waals surface area contributed by atoms with Crippen LogP contribution in [0.4, 0.5) is 5.69 Å². The van der Waals surface area contributed by atoms with E-state index in [2.05, 4.69) is 20.2 Å². The molecule has 2 fully saturated rings. The van der Waals surface area contributed by atoms with Gasteiger partial charge in [0.05, 0.1) is 12.0 Å². The standard InChI is InChI=1S/C23H30N4O3/c1-4-29-21-13-19(21)23(28)26-17-6-7-20(30-11-10-27-8-5-9-27)18(12-17)22-15(2)24-14-25-16(22)3/h6-7,12,14,19,21H,4-5,8-11,13H2,1-3H3,(H,26,28). The summed E-state index contributed by atoms with van der Waals surface area (Å²) in [6.45, 7) is 10.4. The molecule has 30 heavy (non-hydrogen) atoms. The van der Waals surface area contributed by atoms with Crippen LogP contribution in [0.25, 0.3) is 11.1 Å². The smallest absolute Gasteiger partial charge is 0.230 e. The van der Waals surface area contributed by atoms with E-state index in [9.17, 15) is 4.79 Å². The van der Waals surface area contributed by atoms with E-state index in [-0.39, 0.29) is 17.9 Å². The maximum atomic E-state index is 12.6. The first kappa shape index (κ1) is 20.8. The van der Waals surface area contributed by atoms with Gasteiger partial charge < -0.3 is 14.8 Å². The lowest BCUT2D eigenvalue weighted by molar-refractivity contribution is -0.118. The number of amides is 1. The van der Waals surface area contributed by atoms with Crippen molar-refractivity contribution in [2.24, 2.45) is 5.92 Å². The number of aromatic nitrogens is 2. The van der Waals surface area contributed by atoms with Crippen molar-refractivity contribution in [3.63, 3.8) is 0 Å². The summed E-state index contributed by atoms with van der Waals surface area (Å²) < 4.78 is 11.7. The molecule has 4 rings (SSSR count). The van der Waals surface area contributed by atoms with Gasteiger partial charge in [0.25, 0.3) is 0 Å². The van der Waals surface area contributed by atoms with Gasteiger partial charge in [-0.15, -0.1) is 0 Å². The monoisotopic (exact) mass is 410 g/mol. The molecule has 2 atom stereocenters. The predicted molar refractivity (Wildman–Crippen MR) is 116 cm³/mol. The lowest BCUT2D eigenvalue weighted by atomic mass is 10.0. The Morgan fingerprint density at radius 2 is 2.00 bits per heavy atom. The fraction of sp³-hybridized carbons (Fsp3) is 0.522. The normalized spacial score (nSPS) is 20.5. The van der Waals surface area contributed by atoms with Gasteiger partial charge in [0, 0.05) is 41.4 Å². The summed E-state index contributed by atoms with van der Waals surface area (Å²) in [5, 5.41) is 3.04. The van der Waals surface area contributed by atoms with Crippen molar-refractivity contribution in [1.29, 1.82) is 0 Å². The van der Waals surface area contributed by atoms with Crippen LogP contribution in [0.1, 0.15) is 31.2 Å². The van der Waals surface area contributed by atoms with Gasteiger partial charge in [0.15, 0.2) is 0 Å². The summed E-state index contributed by atoms with van der Waals surface area (Å²) in [6.07, 6.45) is 3.68. The molecule has 1 aliphatic carbocycles. The number of anilines is 1. The fourth-order valence-corrected chi connectivity index (χ4v) is 3.88. The molecule has 0 radical (unpaired) electrons. The lowest BCUT2D eigenvalue weighted by Crippen LogP contribution is -2.39. The third kappa shape index (κ3) is 4.63. The van der Waals surface area contributed by atoms with Gasteiger partial charge in [-0.25, -0.2) is 9.97 Å². The van der Waals surface area contributed by atoms with Gasteiger partial charge in [0.1, 0.15) is 18.7 Å². The van der Waals surface area contributed by atoms with E-state index in [1.54, 1.807) is 6.33 Å². The van der Waals surface area contributed by atoms with Crippen LogP contribution < -0.4 is 10.1 Å². The number of carbonyl (C=O) groups excluding carboxylic acids is 1. The zero-order valence-corrected chi connectivity index (χ0v) is 18.0. The molecule has 160 valence electrons. The molecule has 1 saturated heterocycles. The average Bonchev–Trinajstić information content (AvgIpc) is 3.45. The van der Waals surface area contributed by atoms with E-state index in [4.69, 9.17) is 9.47 Å². The zero-order chi connectivity index (χ0) is 21.1. The van der Waals surface area contributed by atoms with Crippen molar-refractivity contribution >= 4 is 11.6 Å². The number of likely N-dealkylation sites (tertiary alicyclic amines) is 1. The Balaban J connectivity index is 1.55. The second-order valence-electron chi connectivity index (χ2n) is 8.00. The van der Waals surface area contributed by atoms with Crippen LogP contribution in [0.5, 0.6) is 5.75 Å². The number of ether oxygens (including phenoxy) is 2. The predicted octanol–water partition coefficient (Wildman–Crippen LogP) is 3.21. The number of carbonyl (C=O) groups is 1. The highest BCUT2D eigenvalue weighted by molar-refractivity contribution is 5.95. The number of hydrogen-bond donors (Lipinski definition) is 1. The van der Waals surface area contributed by atoms with E-state index < -0.39 is 0 Å². The Hall–Kier alpha value is -2.51. The molecule has 0 bridgehead atoms. The first-order valence-corrected chi connectivity index (χ1v) is 10.8. The van der Waals surface area contributed by atoms with Crippen molar-refractivity contribution in [2.75, 3.05) is 38.2 Å². The van der Waals surface area contributed by atoms with Crippen molar-refractivity contribution in [2.45, 2.75) is 39.7 Å². The van der Waals surface area contributed by atoms with E-state index >= 15 is 0 Å². The quantitative estimate of drug-likeness (QED) is 0.684. The summed E-state index contributed by atoms with van der Waals surface area (Å²) in [5.41, 5.74) is 4.37. The molecule has 1 aromatic heterocycles. The van der Waals surface area contributed by atoms with Gasteiger partial charge in [-0.05, 0) is 64.9 Å². The van der Waals surface area contributed by atoms with Crippen LogP contribution in [0.2, 0.25) is 0 Å². The van der Waals surface area contributed by atoms with E-state index in [0.29, 0.717) is 13.2 Å². The highest BCUT2D eigenvalue weighted by atomic mass is 16.5. The highest BCUT2D eigenvalue weighted by Crippen LogP contribution is 2.38. The van der Waals surface area contributed by atoms with Crippen LogP contribution in [0.15, 0.2) is 24.5 Å². The Bertz CT molecular complexity index is 893. The molecule has 2 aromatic rings. The number of rotatable bonds is 9. The van der Waals surface area contributed by atoms with Crippen LogP contribution in [0.3, 0.4) is 0 Å². The Kier molecular flexibility index (Phi) is 6.29. The number of aryl methyl sites for hydroxylation is 2. The summed E-state index contributed by atoms with van der Waals surface area (Å²) in [4.78, 5) is 23.7. The largest absolute Gasteiger partial charge is 0.492 e. The van der Waals surface area contributed by atoms with Crippen molar-refractivity contribution in [3.8, 4) is 16.9 Å². The Morgan fingerprint density at radius 1 is 1.23 bits per heavy atom. The third-order valence-electron chi connectivity index (χ3n) is 5.81. The Morgan fingerprint density at radius 3 is 2.67 bits per heavy atom. The molecule has 1 amide bonds. The molecular formula is C23H30N4O3. The van der Waals surface area contributed by atoms with Crippen LogP contribution in [0, 0.1) is 19.8 Å². The van der Waals surface area contributed by atoms with E-state index in [1.165, 1.54) is 6.42 Å². The highest BCUT2D eigenvalue weighted by Gasteiger charge is 2.44. The summed E-state index contributed by atoms with van der Waals surface area (Å²) in [5.74, 6) is 0.723. The van der Waals surface area contributed by atoms with Crippen molar-refractivity contribution < 1.29 is 14.3 Å². The summed E-state index contributed by atoms with van der Waals surface area (Å²) in [7, 11) is 0. The topological polar surface area (TPSA) is 76.6 Å². The number of benzene rings is 1. The maximum absolute atomic E-state index is 12.6. The minimum atomic E-state index is -0.0654. The summed E-state index contributed by atoms with van der Waals surface area (Å²) >= 11 is 0. The average molecular weight is 411 g/mol. The van der Waals surface area contributed by atoms with Crippen LogP contribution >= 0.6 is 0 Å². The molecule has 1 aromatic carbocycles. The lowest BCUT2D eigenvalue weighted by Gasteiger charge is -2.30. The Labute approximate surface area is 177 Å². The molecule has 1 saturated carbocycles. The van der Waals surface area contributed by atoms with E-state index in [0.717, 1.165) is 60.0 Å². The van der Waals surface area contributed by atoms with E-state index in [1.807, 2.05) is 39.0 Å². The van der Waals surface area contributed by atoms with Gasteiger partial charge in [-0.3, -0.25) is 9.69 Å². The molecule has 0 spiro atoms. The number of nitrogens with one attached hydrogen (secondary N) is 1. The minimum absolute atomic E-state index is 0.00334. The van der Waals surface area contributed by atoms with Crippen molar-refractivity contribution in [3.05, 3.63) is 35.9 Å². The van der Waals surface area contributed by atoms with Crippen LogP contribution in [-0.4, -0.2) is 59.7 Å². The molecule has 2 unspecified atom stereocenters. The molecule has 2 heterocycles. The molecule has 7 heteroatoms. The maximum Gasteiger partial charge on any atom is 0.230 e. The van der Waals surface area contributed by atoms with Gasteiger partial charge in [0.2, 0.25) is 5.91 Å². The van der Waals surface area contributed by atoms with Gasteiger partial charge in [-0.2, -0.15) is 0 Å². The zero-order valence-electron chi connectivity index (χ0n) is 18.0. The number of nitrogens with zero attached hydrogens (tertiary/aromatic N) is 3. The molecule has 2 aliphatic rings. The first-order chi connectivity index (χ1) is 14.6. The fourth-order valence-electron chi connectivity index (χ4n) is 3.88. The minimum Gasteiger partial charge on any atom is -0.492 e. The van der Waals surface area contributed by atoms with Crippen molar-refractivity contribution in [1.82, 2.24) is 14.9 Å². The first-order valence-electron chi connectivity index (χ1n) is 10.8. The molecule has 7 nitrogen and oxygen atoms in total. The molecule has 1 N–H and O–H groups in total. The summed E-state index contributed by atoms with van der Waals surface area (Å²) in [6, 6.07) is 5.79. The molecular weight excluding hydrogens is 380 g/mol. The van der Waals surface area contributed by atoms with Crippen LogP contribution in [-0.2, 0) is 9.53 Å². The SMILES string of the molecule is CCOC1CC1C(=O)Nc1ccc(OCCN2CCC2)c(-c2c(C)ncnc2C)c1. The van der Waals surface area contributed by atoms with Gasteiger partial charge in [-0.1, -0.05) is 0 Å². The second-order valence-corrected chi connectivity index (χ2v) is 8.00. The molecule has 1 aliphatic heterocycles. The van der Waals surface area contributed by atoms with Gasteiger partial charge >= 0.3 is 0 Å².